The van der Waals surface area contributed by atoms with Gasteiger partial charge < -0.3 is 19.9 Å². The predicted octanol–water partition coefficient (Wildman–Crippen LogP) is 6.20. The number of aromatic carboxylic acids is 1. The van der Waals surface area contributed by atoms with Gasteiger partial charge in [0.25, 0.3) is 0 Å². The molecule has 0 aliphatic carbocycles. The molecule has 5 nitrogen and oxygen atoms in total. The van der Waals surface area contributed by atoms with Crippen molar-refractivity contribution >= 4 is 34.9 Å². The maximum absolute atomic E-state index is 11.2. The van der Waals surface area contributed by atoms with Crippen LogP contribution in [0.1, 0.15) is 27.0 Å². The largest absolute Gasteiger partial charge is 0.493 e. The summed E-state index contributed by atoms with van der Waals surface area (Å²) < 4.78 is 11.3. The van der Waals surface area contributed by atoms with Gasteiger partial charge in [0, 0.05) is 28.3 Å². The molecule has 2 N–H and O–H groups in total. The van der Waals surface area contributed by atoms with Gasteiger partial charge in [0.1, 0.15) is 6.61 Å². The Bertz CT molecular complexity index is 1050. The summed E-state index contributed by atoms with van der Waals surface area (Å²) in [4.78, 5) is 11.2. The van der Waals surface area contributed by atoms with E-state index in [2.05, 4.69) is 5.32 Å². The van der Waals surface area contributed by atoms with E-state index in [0.29, 0.717) is 34.7 Å². The number of nitrogens with one attached hydrogen (secondary N) is 1. The Labute approximate surface area is 185 Å². The second-order valence-electron chi connectivity index (χ2n) is 6.70. The number of halogens is 2. The van der Waals surface area contributed by atoms with Crippen LogP contribution in [0.15, 0.2) is 54.6 Å². The van der Waals surface area contributed by atoms with Gasteiger partial charge in [0.15, 0.2) is 11.5 Å². The van der Waals surface area contributed by atoms with Crippen LogP contribution >= 0.6 is 23.2 Å². The predicted molar refractivity (Wildman–Crippen MR) is 119 cm³/mol. The fourth-order valence-corrected chi connectivity index (χ4v) is 3.21. The molecule has 3 rings (SSSR count). The lowest BCUT2D eigenvalue weighted by Crippen LogP contribution is -2.05. The first kappa shape index (κ1) is 21.8. The van der Waals surface area contributed by atoms with Gasteiger partial charge in [0.2, 0.25) is 0 Å². The maximum atomic E-state index is 11.2. The number of carboxylic acids is 1. The van der Waals surface area contributed by atoms with Gasteiger partial charge in [-0.1, -0.05) is 41.4 Å². The Morgan fingerprint density at radius 3 is 2.43 bits per heavy atom. The van der Waals surface area contributed by atoms with Gasteiger partial charge in [-0.2, -0.15) is 0 Å². The number of rotatable bonds is 8. The highest BCUT2D eigenvalue weighted by Crippen LogP contribution is 2.34. The summed E-state index contributed by atoms with van der Waals surface area (Å²) in [5, 5.41) is 13.6. The third-order valence-electron chi connectivity index (χ3n) is 4.59. The zero-order valence-electron chi connectivity index (χ0n) is 16.5. The molecule has 7 heteroatoms. The summed E-state index contributed by atoms with van der Waals surface area (Å²) in [6.07, 6.45) is 0. The first-order valence-electron chi connectivity index (χ1n) is 9.19. The molecular formula is C23H21Cl2NO4. The number of hydrogen-bond donors (Lipinski definition) is 2. The van der Waals surface area contributed by atoms with Crippen molar-refractivity contribution < 1.29 is 19.4 Å². The van der Waals surface area contributed by atoms with Crippen LogP contribution in [-0.2, 0) is 13.2 Å². The summed E-state index contributed by atoms with van der Waals surface area (Å²) in [5.74, 6) is 0.117. The van der Waals surface area contributed by atoms with Crippen molar-refractivity contribution in [2.24, 2.45) is 0 Å². The van der Waals surface area contributed by atoms with Crippen LogP contribution in [0.3, 0.4) is 0 Å². The Hall–Kier alpha value is -2.89. The average Bonchev–Trinajstić information content (AvgIpc) is 2.73. The lowest BCUT2D eigenvalue weighted by Gasteiger charge is -2.16. The van der Waals surface area contributed by atoms with Gasteiger partial charge >= 0.3 is 5.97 Å². The minimum Gasteiger partial charge on any atom is -0.493 e. The van der Waals surface area contributed by atoms with E-state index in [4.69, 9.17) is 32.7 Å². The SMILES string of the molecule is COc1cc(CNc2cc(C(=O)O)ccc2C)c(Cl)cc1OCc1ccc(Cl)cc1. The molecule has 0 saturated heterocycles. The number of ether oxygens (including phenoxy) is 2. The lowest BCUT2D eigenvalue weighted by molar-refractivity contribution is 0.0697. The third-order valence-corrected chi connectivity index (χ3v) is 5.20. The van der Waals surface area contributed by atoms with E-state index >= 15 is 0 Å². The van der Waals surface area contributed by atoms with Crippen LogP contribution in [0.4, 0.5) is 5.69 Å². The first-order chi connectivity index (χ1) is 14.4. The highest BCUT2D eigenvalue weighted by Gasteiger charge is 2.12. The topological polar surface area (TPSA) is 67.8 Å². The lowest BCUT2D eigenvalue weighted by atomic mass is 10.1. The van der Waals surface area contributed by atoms with Crippen LogP contribution in [-0.4, -0.2) is 18.2 Å². The van der Waals surface area contributed by atoms with Crippen molar-refractivity contribution in [1.82, 2.24) is 0 Å². The van der Waals surface area contributed by atoms with E-state index in [0.717, 1.165) is 22.4 Å². The Kier molecular flexibility index (Phi) is 7.08. The van der Waals surface area contributed by atoms with Crippen LogP contribution in [0.5, 0.6) is 11.5 Å². The molecule has 0 unspecified atom stereocenters. The second kappa shape index (κ2) is 9.74. The van der Waals surface area contributed by atoms with Crippen molar-refractivity contribution in [2.45, 2.75) is 20.1 Å². The van der Waals surface area contributed by atoms with Crippen LogP contribution in [0.2, 0.25) is 10.0 Å². The summed E-state index contributed by atoms with van der Waals surface area (Å²) in [5.41, 5.74) is 3.65. The number of hydrogen-bond acceptors (Lipinski definition) is 4. The van der Waals surface area contributed by atoms with E-state index in [1.54, 1.807) is 43.5 Å². The Morgan fingerprint density at radius 1 is 1.03 bits per heavy atom. The van der Waals surface area contributed by atoms with Crippen molar-refractivity contribution in [3.05, 3.63) is 86.9 Å². The molecule has 0 radical (unpaired) electrons. The van der Waals surface area contributed by atoms with Gasteiger partial charge in [0.05, 0.1) is 12.7 Å². The van der Waals surface area contributed by atoms with E-state index < -0.39 is 5.97 Å². The van der Waals surface area contributed by atoms with Gasteiger partial charge in [-0.15, -0.1) is 0 Å². The zero-order chi connectivity index (χ0) is 21.7. The minimum atomic E-state index is -0.972. The summed E-state index contributed by atoms with van der Waals surface area (Å²) in [7, 11) is 1.57. The molecule has 0 fully saturated rings. The molecule has 0 spiro atoms. The Morgan fingerprint density at radius 2 is 1.77 bits per heavy atom. The summed E-state index contributed by atoms with van der Waals surface area (Å²) in [6.45, 7) is 2.66. The van der Waals surface area contributed by atoms with Crippen LogP contribution < -0.4 is 14.8 Å². The number of aryl methyl sites for hydroxylation is 1. The Balaban J connectivity index is 1.74. The fourth-order valence-electron chi connectivity index (χ4n) is 2.86. The van der Waals surface area contributed by atoms with Gasteiger partial charge in [-0.25, -0.2) is 4.79 Å². The molecule has 0 aliphatic rings. The fraction of sp³-hybridized carbons (Fsp3) is 0.174. The molecule has 0 aromatic heterocycles. The molecule has 0 heterocycles. The molecule has 30 heavy (non-hydrogen) atoms. The quantitative estimate of drug-likeness (QED) is 0.431. The first-order valence-corrected chi connectivity index (χ1v) is 9.94. The number of anilines is 1. The molecule has 3 aromatic rings. The van der Waals surface area contributed by atoms with Crippen LogP contribution in [0, 0.1) is 6.92 Å². The van der Waals surface area contributed by atoms with E-state index in [1.807, 2.05) is 25.1 Å². The molecule has 3 aromatic carbocycles. The molecule has 0 amide bonds. The van der Waals surface area contributed by atoms with E-state index in [-0.39, 0.29) is 5.56 Å². The van der Waals surface area contributed by atoms with E-state index in [9.17, 15) is 9.90 Å². The zero-order valence-corrected chi connectivity index (χ0v) is 18.1. The van der Waals surface area contributed by atoms with E-state index in [1.165, 1.54) is 0 Å². The summed E-state index contributed by atoms with van der Waals surface area (Å²) >= 11 is 12.4. The van der Waals surface area contributed by atoms with Crippen molar-refractivity contribution in [3.8, 4) is 11.5 Å². The molecule has 0 saturated carbocycles. The highest BCUT2D eigenvalue weighted by molar-refractivity contribution is 6.31. The molecule has 0 bridgehead atoms. The number of carboxylic acid groups (broad SMARTS) is 1. The number of carbonyl (C=O) groups is 1. The van der Waals surface area contributed by atoms with Gasteiger partial charge in [-0.3, -0.25) is 0 Å². The number of methoxy groups -OCH3 is 1. The van der Waals surface area contributed by atoms with Crippen molar-refractivity contribution in [2.75, 3.05) is 12.4 Å². The average molecular weight is 446 g/mol. The maximum Gasteiger partial charge on any atom is 0.335 e. The van der Waals surface area contributed by atoms with Crippen molar-refractivity contribution in [3.63, 3.8) is 0 Å². The molecular weight excluding hydrogens is 425 g/mol. The smallest absolute Gasteiger partial charge is 0.335 e. The van der Waals surface area contributed by atoms with Crippen LogP contribution in [0.25, 0.3) is 0 Å². The standard InChI is InChI=1S/C23H21Cl2NO4/c1-14-3-6-16(23(27)28)9-20(14)26-12-17-10-21(29-2)22(11-19(17)25)30-13-15-4-7-18(24)8-5-15/h3-11,26H,12-13H2,1-2H3,(H,27,28). The third kappa shape index (κ3) is 5.38. The second-order valence-corrected chi connectivity index (χ2v) is 7.54. The number of benzene rings is 3. The highest BCUT2D eigenvalue weighted by atomic mass is 35.5. The minimum absolute atomic E-state index is 0.220. The monoisotopic (exact) mass is 445 g/mol. The molecule has 0 aliphatic heterocycles. The molecule has 156 valence electrons. The summed E-state index contributed by atoms with van der Waals surface area (Å²) in [6, 6.07) is 15.9. The van der Waals surface area contributed by atoms with Gasteiger partial charge in [-0.05, 0) is 53.9 Å². The normalized spacial score (nSPS) is 10.5. The van der Waals surface area contributed by atoms with Crippen molar-refractivity contribution in [1.29, 1.82) is 0 Å². The molecule has 0 atom stereocenters.